The molecule has 0 atom stereocenters. The summed E-state index contributed by atoms with van der Waals surface area (Å²) in [6, 6.07) is 0. The molecule has 0 aliphatic rings. The average molecular weight is 224 g/mol. The first-order valence-corrected chi connectivity index (χ1v) is 5.34. The molecule has 5 heteroatoms. The lowest BCUT2D eigenvalue weighted by Gasteiger charge is -2.22. The molecule has 0 aliphatic carbocycles. The number of aromatic nitrogens is 2. The molecule has 0 bridgehead atoms. The van der Waals surface area contributed by atoms with Crippen molar-refractivity contribution in [1.29, 1.82) is 0 Å². The topological polar surface area (TPSA) is 70.1 Å². The van der Waals surface area contributed by atoms with Gasteiger partial charge in [-0.15, -0.1) is 0 Å². The molecule has 0 aliphatic heterocycles. The van der Waals surface area contributed by atoms with Crippen molar-refractivity contribution >= 4 is 11.8 Å². The fourth-order valence-electron chi connectivity index (χ4n) is 1.12. The normalized spacial score (nSPS) is 11.3. The summed E-state index contributed by atoms with van der Waals surface area (Å²) in [5, 5.41) is 15.3. The Kier molecular flexibility index (Phi) is 4.06. The lowest BCUT2D eigenvalue weighted by atomic mass is 9.95. The van der Waals surface area contributed by atoms with E-state index in [1.165, 1.54) is 0 Å². The van der Waals surface area contributed by atoms with Gasteiger partial charge in [0.25, 0.3) is 0 Å². The van der Waals surface area contributed by atoms with Gasteiger partial charge in [-0.3, -0.25) is 0 Å². The van der Waals surface area contributed by atoms with Crippen LogP contribution >= 0.6 is 0 Å². The van der Waals surface area contributed by atoms with Gasteiger partial charge in [0.15, 0.2) is 0 Å². The van der Waals surface area contributed by atoms with E-state index in [0.717, 1.165) is 11.4 Å². The second kappa shape index (κ2) is 5.12. The maximum atomic E-state index is 9.16. The lowest BCUT2D eigenvalue weighted by Crippen LogP contribution is -2.27. The van der Waals surface area contributed by atoms with Crippen molar-refractivity contribution < 1.29 is 5.11 Å². The number of nitrogens with one attached hydrogen (secondary N) is 2. The number of rotatable bonds is 5. The predicted molar refractivity (Wildman–Crippen MR) is 65.7 cm³/mol. The third kappa shape index (κ3) is 3.34. The van der Waals surface area contributed by atoms with Gasteiger partial charge in [-0.05, 0) is 6.92 Å². The first kappa shape index (κ1) is 12.7. The van der Waals surface area contributed by atoms with Crippen molar-refractivity contribution in [2.75, 3.05) is 30.8 Å². The van der Waals surface area contributed by atoms with E-state index in [1.807, 2.05) is 20.8 Å². The molecule has 1 aromatic heterocycles. The van der Waals surface area contributed by atoms with Crippen molar-refractivity contribution in [3.8, 4) is 0 Å². The van der Waals surface area contributed by atoms with Crippen LogP contribution < -0.4 is 10.6 Å². The molecule has 1 rings (SSSR count). The maximum absolute atomic E-state index is 9.16. The third-order valence-electron chi connectivity index (χ3n) is 2.36. The highest BCUT2D eigenvalue weighted by molar-refractivity contribution is 5.46. The Labute approximate surface area is 96.3 Å². The molecule has 0 unspecified atom stereocenters. The van der Waals surface area contributed by atoms with Gasteiger partial charge in [0.2, 0.25) is 5.95 Å². The summed E-state index contributed by atoms with van der Waals surface area (Å²) in [5.74, 6) is 1.40. The van der Waals surface area contributed by atoms with Crippen LogP contribution in [0.1, 0.15) is 19.4 Å². The van der Waals surface area contributed by atoms with Gasteiger partial charge in [-0.25, -0.2) is 4.98 Å². The van der Waals surface area contributed by atoms with E-state index < -0.39 is 0 Å². The maximum Gasteiger partial charge on any atom is 0.224 e. The van der Waals surface area contributed by atoms with Crippen LogP contribution in [0.2, 0.25) is 0 Å². The minimum atomic E-state index is -0.156. The second-order valence-electron chi connectivity index (χ2n) is 4.65. The van der Waals surface area contributed by atoms with Gasteiger partial charge in [0, 0.05) is 37.4 Å². The first-order chi connectivity index (χ1) is 7.48. The molecule has 0 radical (unpaired) electrons. The number of hydrogen-bond donors (Lipinski definition) is 3. The van der Waals surface area contributed by atoms with Crippen LogP contribution in [0.15, 0.2) is 6.20 Å². The minimum Gasteiger partial charge on any atom is -0.396 e. The van der Waals surface area contributed by atoms with E-state index in [-0.39, 0.29) is 12.0 Å². The van der Waals surface area contributed by atoms with Crippen LogP contribution in [0.3, 0.4) is 0 Å². The first-order valence-electron chi connectivity index (χ1n) is 5.34. The molecular formula is C11H20N4O. The summed E-state index contributed by atoms with van der Waals surface area (Å²) in [5.41, 5.74) is 0.838. The zero-order valence-corrected chi connectivity index (χ0v) is 10.3. The fraction of sp³-hybridized carbons (Fsp3) is 0.636. The Morgan fingerprint density at radius 3 is 2.69 bits per heavy atom. The van der Waals surface area contributed by atoms with E-state index in [9.17, 15) is 0 Å². The van der Waals surface area contributed by atoms with Crippen LogP contribution in [-0.4, -0.2) is 35.3 Å². The monoisotopic (exact) mass is 224 g/mol. The van der Waals surface area contributed by atoms with Gasteiger partial charge >= 0.3 is 0 Å². The highest BCUT2D eigenvalue weighted by Crippen LogP contribution is 2.17. The number of aliphatic hydroxyl groups is 1. The van der Waals surface area contributed by atoms with E-state index >= 15 is 0 Å². The van der Waals surface area contributed by atoms with Gasteiger partial charge in [0.05, 0.1) is 0 Å². The van der Waals surface area contributed by atoms with Crippen LogP contribution in [0, 0.1) is 12.3 Å². The van der Waals surface area contributed by atoms with Gasteiger partial charge < -0.3 is 15.7 Å². The van der Waals surface area contributed by atoms with Crippen molar-refractivity contribution in [3.05, 3.63) is 11.8 Å². The zero-order valence-electron chi connectivity index (χ0n) is 10.3. The molecule has 1 heterocycles. The molecule has 0 amide bonds. The molecule has 1 aromatic rings. The molecule has 5 nitrogen and oxygen atoms in total. The third-order valence-corrected chi connectivity index (χ3v) is 2.36. The van der Waals surface area contributed by atoms with E-state index in [1.54, 1.807) is 13.2 Å². The molecule has 3 N–H and O–H groups in total. The van der Waals surface area contributed by atoms with E-state index in [4.69, 9.17) is 5.11 Å². The fourth-order valence-corrected chi connectivity index (χ4v) is 1.12. The standard InChI is InChI=1S/C11H20N4O/c1-8-5-13-10(12-4)15-9(8)14-6-11(2,3)7-16/h5,16H,6-7H2,1-4H3,(H2,12,13,14,15). The van der Waals surface area contributed by atoms with Crippen molar-refractivity contribution in [1.82, 2.24) is 9.97 Å². The zero-order chi connectivity index (χ0) is 12.2. The van der Waals surface area contributed by atoms with Crippen LogP contribution in [0.25, 0.3) is 0 Å². The van der Waals surface area contributed by atoms with E-state index in [2.05, 4.69) is 20.6 Å². The van der Waals surface area contributed by atoms with Gasteiger partial charge in [0.1, 0.15) is 5.82 Å². The summed E-state index contributed by atoms with van der Waals surface area (Å²) in [7, 11) is 1.78. The lowest BCUT2D eigenvalue weighted by molar-refractivity contribution is 0.170. The molecule has 0 aromatic carbocycles. The number of anilines is 2. The highest BCUT2D eigenvalue weighted by Gasteiger charge is 2.16. The summed E-state index contributed by atoms with van der Waals surface area (Å²) in [4.78, 5) is 8.42. The number of aliphatic hydroxyl groups excluding tert-OH is 1. The largest absolute Gasteiger partial charge is 0.396 e. The number of hydrogen-bond acceptors (Lipinski definition) is 5. The molecule has 0 saturated carbocycles. The highest BCUT2D eigenvalue weighted by atomic mass is 16.3. The van der Waals surface area contributed by atoms with Crippen molar-refractivity contribution in [2.24, 2.45) is 5.41 Å². The molecular weight excluding hydrogens is 204 g/mol. The second-order valence-corrected chi connectivity index (χ2v) is 4.65. The summed E-state index contributed by atoms with van der Waals surface area (Å²) >= 11 is 0. The minimum absolute atomic E-state index is 0.142. The SMILES string of the molecule is CNc1ncc(C)c(NCC(C)(C)CO)n1. The smallest absolute Gasteiger partial charge is 0.224 e. The summed E-state index contributed by atoms with van der Waals surface area (Å²) in [6.45, 7) is 6.76. The van der Waals surface area contributed by atoms with Crippen molar-refractivity contribution in [2.45, 2.75) is 20.8 Å². The Bertz CT molecular complexity index is 352. The molecule has 0 saturated heterocycles. The number of aryl methyl sites for hydroxylation is 1. The Morgan fingerprint density at radius 2 is 2.12 bits per heavy atom. The molecule has 0 spiro atoms. The Balaban J connectivity index is 2.73. The van der Waals surface area contributed by atoms with Gasteiger partial charge in [-0.2, -0.15) is 4.98 Å². The van der Waals surface area contributed by atoms with Gasteiger partial charge in [-0.1, -0.05) is 13.8 Å². The summed E-state index contributed by atoms with van der Waals surface area (Å²) < 4.78 is 0. The van der Waals surface area contributed by atoms with Crippen LogP contribution in [-0.2, 0) is 0 Å². The Morgan fingerprint density at radius 1 is 1.44 bits per heavy atom. The molecule has 16 heavy (non-hydrogen) atoms. The quantitative estimate of drug-likeness (QED) is 0.702. The molecule has 0 fully saturated rings. The summed E-state index contributed by atoms with van der Waals surface area (Å²) in [6.07, 6.45) is 1.77. The van der Waals surface area contributed by atoms with Crippen LogP contribution in [0.5, 0.6) is 0 Å². The van der Waals surface area contributed by atoms with Crippen LogP contribution in [0.4, 0.5) is 11.8 Å². The van der Waals surface area contributed by atoms with E-state index in [0.29, 0.717) is 12.5 Å². The molecule has 90 valence electrons. The predicted octanol–water partition coefficient (Wildman–Crippen LogP) is 1.26. The average Bonchev–Trinajstić information content (AvgIpc) is 2.28. The van der Waals surface area contributed by atoms with Crippen molar-refractivity contribution in [3.63, 3.8) is 0 Å². The number of nitrogens with zero attached hydrogens (tertiary/aromatic N) is 2. The Hall–Kier alpha value is -1.36.